The van der Waals surface area contributed by atoms with Gasteiger partial charge in [-0.25, -0.2) is 0 Å². The summed E-state index contributed by atoms with van der Waals surface area (Å²) in [5.41, 5.74) is 6.06. The van der Waals surface area contributed by atoms with Crippen molar-refractivity contribution in [2.75, 3.05) is 0 Å². The number of amidine groups is 1. The number of hydrogen-bond donors (Lipinski definition) is 2. The van der Waals surface area contributed by atoms with Crippen LogP contribution in [0.2, 0.25) is 0 Å². The highest BCUT2D eigenvalue weighted by atomic mass is 32.2. The van der Waals surface area contributed by atoms with Crippen molar-refractivity contribution in [3.05, 3.63) is 29.9 Å². The van der Waals surface area contributed by atoms with Crippen molar-refractivity contribution in [3.63, 3.8) is 0 Å². The van der Waals surface area contributed by atoms with Crippen LogP contribution >= 0.6 is 11.8 Å². The van der Waals surface area contributed by atoms with E-state index in [9.17, 15) is 0 Å². The van der Waals surface area contributed by atoms with Crippen molar-refractivity contribution in [1.82, 2.24) is 15.2 Å². The fourth-order valence-electron chi connectivity index (χ4n) is 1.10. The summed E-state index contributed by atoms with van der Waals surface area (Å²) in [5.74, 6) is 0.483. The molecule has 0 amide bonds. The lowest BCUT2D eigenvalue weighted by molar-refractivity contribution is 0.429. The monoisotopic (exact) mass is 235 g/mol. The van der Waals surface area contributed by atoms with E-state index < -0.39 is 0 Å². The Bertz CT molecular complexity index is 524. The molecule has 0 bridgehead atoms. The molecular weight excluding hydrogens is 226 g/mol. The molecule has 0 aromatic carbocycles. The van der Waals surface area contributed by atoms with Crippen molar-refractivity contribution >= 4 is 17.6 Å². The highest BCUT2D eigenvalue weighted by Gasteiger charge is 2.10. The Labute approximate surface area is 95.8 Å². The van der Waals surface area contributed by atoms with Crippen LogP contribution in [0.25, 0.3) is 0 Å². The predicted molar refractivity (Wildman–Crippen MR) is 58.4 cm³/mol. The van der Waals surface area contributed by atoms with E-state index in [1.165, 1.54) is 11.8 Å². The minimum atomic E-state index is -0.0128. The Morgan fingerprint density at radius 3 is 2.94 bits per heavy atom. The Hall–Kier alpha value is -1.89. The number of pyridine rings is 1. The number of aromatic nitrogens is 3. The van der Waals surface area contributed by atoms with Crippen molar-refractivity contribution < 1.29 is 4.42 Å². The molecule has 0 unspecified atom stereocenters. The van der Waals surface area contributed by atoms with Crippen LogP contribution in [0.15, 0.2) is 33.0 Å². The fourth-order valence-corrected chi connectivity index (χ4v) is 1.93. The van der Waals surface area contributed by atoms with E-state index in [0.29, 0.717) is 16.7 Å². The van der Waals surface area contributed by atoms with Gasteiger partial charge < -0.3 is 10.2 Å². The van der Waals surface area contributed by atoms with E-state index in [1.54, 1.807) is 25.4 Å². The second-order valence-corrected chi connectivity index (χ2v) is 3.97. The SMILES string of the molecule is Cc1nnc(Sc2cnccc2C(=N)N)o1. The van der Waals surface area contributed by atoms with Gasteiger partial charge in [0.2, 0.25) is 5.89 Å². The average Bonchev–Trinajstić information content (AvgIpc) is 2.64. The number of aryl methyl sites for hydroxylation is 1. The Kier molecular flexibility index (Phi) is 2.86. The van der Waals surface area contributed by atoms with Gasteiger partial charge in [-0.1, -0.05) is 0 Å². The summed E-state index contributed by atoms with van der Waals surface area (Å²) in [6.07, 6.45) is 3.20. The molecule has 0 aliphatic heterocycles. The van der Waals surface area contributed by atoms with Crippen molar-refractivity contribution in [2.45, 2.75) is 17.0 Å². The fraction of sp³-hybridized carbons (Fsp3) is 0.111. The summed E-state index contributed by atoms with van der Waals surface area (Å²) in [7, 11) is 0. The summed E-state index contributed by atoms with van der Waals surface area (Å²) >= 11 is 1.24. The van der Waals surface area contributed by atoms with E-state index in [4.69, 9.17) is 15.6 Å². The largest absolute Gasteiger partial charge is 0.416 e. The highest BCUT2D eigenvalue weighted by Crippen LogP contribution is 2.28. The van der Waals surface area contributed by atoms with Crippen molar-refractivity contribution in [2.24, 2.45) is 5.73 Å². The Morgan fingerprint density at radius 2 is 2.31 bits per heavy atom. The second kappa shape index (κ2) is 4.31. The predicted octanol–water partition coefficient (Wildman–Crippen LogP) is 1.21. The van der Waals surface area contributed by atoms with Crippen LogP contribution in [0.1, 0.15) is 11.5 Å². The van der Waals surface area contributed by atoms with Gasteiger partial charge in [-0.15, -0.1) is 10.2 Å². The zero-order chi connectivity index (χ0) is 11.5. The van der Waals surface area contributed by atoms with Crippen LogP contribution in [0, 0.1) is 12.3 Å². The van der Waals surface area contributed by atoms with Gasteiger partial charge in [0, 0.05) is 29.8 Å². The van der Waals surface area contributed by atoms with Crippen LogP contribution in [0.3, 0.4) is 0 Å². The van der Waals surface area contributed by atoms with Gasteiger partial charge in [0.15, 0.2) is 0 Å². The standard InChI is InChI=1S/C9H9N5OS/c1-5-13-14-9(15-5)16-7-4-12-3-2-6(7)8(10)11/h2-4H,1H3,(H3,10,11). The lowest BCUT2D eigenvalue weighted by Crippen LogP contribution is -2.12. The third-order valence-corrected chi connectivity index (χ3v) is 2.66. The number of nitrogens with two attached hydrogens (primary N) is 1. The van der Waals surface area contributed by atoms with Crippen LogP contribution in [-0.2, 0) is 0 Å². The van der Waals surface area contributed by atoms with Gasteiger partial charge in [-0.2, -0.15) is 0 Å². The van der Waals surface area contributed by atoms with Crippen LogP contribution in [0.4, 0.5) is 0 Å². The van der Waals surface area contributed by atoms with Crippen LogP contribution < -0.4 is 5.73 Å². The van der Waals surface area contributed by atoms with E-state index in [1.807, 2.05) is 0 Å². The first-order valence-corrected chi connectivity index (χ1v) is 5.25. The molecule has 0 atom stereocenters. The number of nitrogen functional groups attached to an aromatic ring is 1. The molecule has 0 radical (unpaired) electrons. The lowest BCUT2D eigenvalue weighted by Gasteiger charge is -2.03. The zero-order valence-corrected chi connectivity index (χ0v) is 9.28. The maximum absolute atomic E-state index is 7.42. The quantitative estimate of drug-likeness (QED) is 0.612. The van der Waals surface area contributed by atoms with E-state index in [0.717, 1.165) is 4.90 Å². The van der Waals surface area contributed by atoms with Gasteiger partial charge in [-0.3, -0.25) is 10.4 Å². The lowest BCUT2D eigenvalue weighted by atomic mass is 10.2. The molecule has 2 aromatic heterocycles. The van der Waals surface area contributed by atoms with Gasteiger partial charge >= 0.3 is 0 Å². The topological polar surface area (TPSA) is 102 Å². The number of rotatable bonds is 3. The molecule has 3 N–H and O–H groups in total. The van der Waals surface area contributed by atoms with Gasteiger partial charge in [-0.05, 0) is 17.8 Å². The molecule has 0 fully saturated rings. The summed E-state index contributed by atoms with van der Waals surface area (Å²) < 4.78 is 5.22. The second-order valence-electron chi connectivity index (χ2n) is 2.97. The third kappa shape index (κ3) is 2.19. The van der Waals surface area contributed by atoms with Gasteiger partial charge in [0.1, 0.15) is 5.84 Å². The zero-order valence-electron chi connectivity index (χ0n) is 8.47. The number of nitrogens with zero attached hydrogens (tertiary/aromatic N) is 3. The van der Waals surface area contributed by atoms with E-state index >= 15 is 0 Å². The smallest absolute Gasteiger partial charge is 0.281 e. The molecular formula is C9H9N5OS. The Balaban J connectivity index is 2.31. The van der Waals surface area contributed by atoms with Crippen molar-refractivity contribution in [3.8, 4) is 0 Å². The molecule has 2 heterocycles. The van der Waals surface area contributed by atoms with Crippen molar-refractivity contribution in [1.29, 1.82) is 5.41 Å². The molecule has 0 aliphatic rings. The average molecular weight is 235 g/mol. The summed E-state index contributed by atoms with van der Waals surface area (Å²) in [6, 6.07) is 1.67. The molecule has 2 aromatic rings. The first-order valence-electron chi connectivity index (χ1n) is 4.43. The van der Waals surface area contributed by atoms with E-state index in [-0.39, 0.29) is 5.84 Å². The number of nitrogens with one attached hydrogen (secondary N) is 1. The molecule has 7 heteroatoms. The normalized spacial score (nSPS) is 10.3. The summed E-state index contributed by atoms with van der Waals surface area (Å²) in [5, 5.41) is 15.4. The summed E-state index contributed by atoms with van der Waals surface area (Å²) in [4.78, 5) is 4.69. The van der Waals surface area contributed by atoms with Crippen LogP contribution in [-0.4, -0.2) is 21.0 Å². The maximum atomic E-state index is 7.42. The molecule has 16 heavy (non-hydrogen) atoms. The first kappa shape index (κ1) is 10.6. The Morgan fingerprint density at radius 1 is 1.50 bits per heavy atom. The molecule has 0 saturated heterocycles. The molecule has 6 nitrogen and oxygen atoms in total. The van der Waals surface area contributed by atoms with Gasteiger partial charge in [0.25, 0.3) is 5.22 Å². The minimum absolute atomic E-state index is 0.0128. The maximum Gasteiger partial charge on any atom is 0.281 e. The summed E-state index contributed by atoms with van der Waals surface area (Å²) in [6.45, 7) is 1.71. The van der Waals surface area contributed by atoms with Gasteiger partial charge in [0.05, 0.1) is 0 Å². The molecule has 82 valence electrons. The molecule has 0 saturated carbocycles. The molecule has 0 aliphatic carbocycles. The van der Waals surface area contributed by atoms with Crippen LogP contribution in [0.5, 0.6) is 0 Å². The first-order chi connectivity index (χ1) is 7.66. The minimum Gasteiger partial charge on any atom is -0.416 e. The molecule has 2 rings (SSSR count). The molecule has 0 spiro atoms. The third-order valence-electron chi connectivity index (χ3n) is 1.78. The van der Waals surface area contributed by atoms with E-state index in [2.05, 4.69) is 15.2 Å². The highest BCUT2D eigenvalue weighted by molar-refractivity contribution is 7.99. The number of hydrogen-bond acceptors (Lipinski definition) is 6.